The number of guanidine groups is 1. The van der Waals surface area contributed by atoms with Crippen molar-refractivity contribution < 1.29 is 22.4 Å². The van der Waals surface area contributed by atoms with Crippen molar-refractivity contribution in [2.45, 2.75) is 46.0 Å². The van der Waals surface area contributed by atoms with Gasteiger partial charge in [0.2, 0.25) is 5.89 Å². The Morgan fingerprint density at radius 2 is 2.03 bits per heavy atom. The van der Waals surface area contributed by atoms with Crippen molar-refractivity contribution in [1.82, 2.24) is 20.8 Å². The molecule has 1 aromatic heterocycles. The van der Waals surface area contributed by atoms with E-state index in [1.165, 1.54) is 12.1 Å². The standard InChI is InChI=1S/C18H24F3N5O2.HI/c1-4-14(27-15-8-6-7-13(9-15)18(19,20)21)10-23-17(22-5-2)24-11-16-25-12(3)28-26-16;/h6-9,14H,4-5,10-11H2,1-3H3,(H2,22,23,24);1H. The Bertz CT molecular complexity index is 783. The van der Waals surface area contributed by atoms with Gasteiger partial charge in [0.25, 0.3) is 0 Å². The first-order valence-corrected chi connectivity index (χ1v) is 8.97. The molecular formula is C18H25F3IN5O2. The molecule has 11 heteroatoms. The molecule has 0 saturated carbocycles. The number of alkyl halides is 3. The first-order chi connectivity index (χ1) is 13.3. The third-order valence-electron chi connectivity index (χ3n) is 3.71. The summed E-state index contributed by atoms with van der Waals surface area (Å²) in [7, 11) is 0. The minimum atomic E-state index is -4.41. The van der Waals surface area contributed by atoms with Crippen molar-refractivity contribution in [3.8, 4) is 5.75 Å². The second-order valence-electron chi connectivity index (χ2n) is 5.98. The van der Waals surface area contributed by atoms with Gasteiger partial charge in [0.1, 0.15) is 18.4 Å². The molecule has 1 unspecified atom stereocenters. The number of hydrogen-bond donors (Lipinski definition) is 2. The minimum Gasteiger partial charge on any atom is -0.489 e. The molecule has 0 aliphatic heterocycles. The highest BCUT2D eigenvalue weighted by molar-refractivity contribution is 14.0. The molecule has 1 atom stereocenters. The average Bonchev–Trinajstić information content (AvgIpc) is 3.07. The number of aliphatic imine (C=N–C) groups is 1. The van der Waals surface area contributed by atoms with Crippen molar-refractivity contribution in [2.75, 3.05) is 13.1 Å². The van der Waals surface area contributed by atoms with Crippen LogP contribution in [0.25, 0.3) is 0 Å². The number of hydrogen-bond acceptors (Lipinski definition) is 5. The van der Waals surface area contributed by atoms with E-state index in [0.29, 0.717) is 37.2 Å². The van der Waals surface area contributed by atoms with E-state index in [-0.39, 0.29) is 42.4 Å². The van der Waals surface area contributed by atoms with E-state index in [0.717, 1.165) is 12.1 Å². The number of nitrogens with one attached hydrogen (secondary N) is 2. The Morgan fingerprint density at radius 3 is 2.62 bits per heavy atom. The van der Waals surface area contributed by atoms with Crippen LogP contribution in [0.15, 0.2) is 33.8 Å². The summed E-state index contributed by atoms with van der Waals surface area (Å²) in [5.41, 5.74) is -0.738. The zero-order valence-electron chi connectivity index (χ0n) is 16.4. The molecule has 0 radical (unpaired) electrons. The smallest absolute Gasteiger partial charge is 0.416 e. The minimum absolute atomic E-state index is 0. The molecule has 2 N–H and O–H groups in total. The van der Waals surface area contributed by atoms with Gasteiger partial charge in [0, 0.05) is 13.5 Å². The highest BCUT2D eigenvalue weighted by atomic mass is 127. The zero-order chi connectivity index (χ0) is 20.6. The summed E-state index contributed by atoms with van der Waals surface area (Å²) in [5, 5.41) is 9.98. The number of ether oxygens (including phenoxy) is 1. The fourth-order valence-corrected chi connectivity index (χ4v) is 2.32. The number of benzene rings is 1. The number of nitrogens with zero attached hydrogens (tertiary/aromatic N) is 3. The second kappa shape index (κ2) is 11.8. The van der Waals surface area contributed by atoms with E-state index in [1.807, 2.05) is 13.8 Å². The van der Waals surface area contributed by atoms with E-state index in [4.69, 9.17) is 9.26 Å². The van der Waals surface area contributed by atoms with Gasteiger partial charge in [-0.15, -0.1) is 24.0 Å². The molecule has 162 valence electrons. The van der Waals surface area contributed by atoms with Gasteiger partial charge < -0.3 is 19.9 Å². The van der Waals surface area contributed by atoms with Crippen molar-refractivity contribution >= 4 is 29.9 Å². The molecule has 0 amide bonds. The third kappa shape index (κ3) is 8.46. The van der Waals surface area contributed by atoms with E-state index in [9.17, 15) is 13.2 Å². The van der Waals surface area contributed by atoms with Crippen molar-refractivity contribution in [2.24, 2.45) is 4.99 Å². The average molecular weight is 527 g/mol. The van der Waals surface area contributed by atoms with Gasteiger partial charge in [-0.3, -0.25) is 0 Å². The van der Waals surface area contributed by atoms with Crippen LogP contribution in [-0.4, -0.2) is 35.3 Å². The number of aryl methyl sites for hydroxylation is 1. The highest BCUT2D eigenvalue weighted by Gasteiger charge is 2.30. The summed E-state index contributed by atoms with van der Waals surface area (Å²) < 4.78 is 49.1. The molecule has 1 heterocycles. The van der Waals surface area contributed by atoms with Gasteiger partial charge in [0.05, 0.1) is 12.1 Å². The Labute approximate surface area is 184 Å². The van der Waals surface area contributed by atoms with Gasteiger partial charge in [-0.05, 0) is 31.5 Å². The van der Waals surface area contributed by atoms with Gasteiger partial charge in [-0.2, -0.15) is 18.2 Å². The summed E-state index contributed by atoms with van der Waals surface area (Å²) in [6.07, 6.45) is -4.13. The van der Waals surface area contributed by atoms with Crippen LogP contribution in [0, 0.1) is 6.92 Å². The lowest BCUT2D eigenvalue weighted by Gasteiger charge is -2.20. The van der Waals surface area contributed by atoms with Crippen molar-refractivity contribution in [1.29, 1.82) is 0 Å². The lowest BCUT2D eigenvalue weighted by Crippen LogP contribution is -2.42. The quantitative estimate of drug-likeness (QED) is 0.308. The lowest BCUT2D eigenvalue weighted by atomic mass is 10.2. The molecule has 0 spiro atoms. The maximum absolute atomic E-state index is 12.8. The molecule has 2 rings (SSSR count). The largest absolute Gasteiger partial charge is 0.489 e. The summed E-state index contributed by atoms with van der Waals surface area (Å²) in [5.74, 6) is 1.62. The number of aromatic nitrogens is 2. The van der Waals surface area contributed by atoms with Gasteiger partial charge in [0.15, 0.2) is 11.8 Å². The van der Waals surface area contributed by atoms with Crippen molar-refractivity contribution in [3.63, 3.8) is 0 Å². The molecule has 0 bridgehead atoms. The van der Waals surface area contributed by atoms with E-state index in [1.54, 1.807) is 6.92 Å². The third-order valence-corrected chi connectivity index (χ3v) is 3.71. The SMILES string of the molecule is CCNC(=NCc1noc(C)n1)NCC(CC)Oc1cccc(C(F)(F)F)c1.I. The summed E-state index contributed by atoms with van der Waals surface area (Å²) in [6, 6.07) is 4.86. The maximum atomic E-state index is 12.8. The van der Waals surface area contributed by atoms with Crippen LogP contribution in [0.5, 0.6) is 5.75 Å². The Hall–Kier alpha value is -2.05. The Morgan fingerprint density at radius 1 is 1.28 bits per heavy atom. The zero-order valence-corrected chi connectivity index (χ0v) is 18.7. The number of halogens is 4. The fourth-order valence-electron chi connectivity index (χ4n) is 2.32. The highest BCUT2D eigenvalue weighted by Crippen LogP contribution is 2.31. The monoisotopic (exact) mass is 527 g/mol. The summed E-state index contributed by atoms with van der Waals surface area (Å²) in [6.45, 7) is 6.75. The second-order valence-corrected chi connectivity index (χ2v) is 5.98. The molecule has 0 aliphatic carbocycles. The van der Waals surface area contributed by atoms with Gasteiger partial charge in [-0.1, -0.05) is 18.1 Å². The predicted molar refractivity (Wildman–Crippen MR) is 113 cm³/mol. The molecule has 1 aromatic carbocycles. The van der Waals surface area contributed by atoms with Crippen LogP contribution in [0.2, 0.25) is 0 Å². The predicted octanol–water partition coefficient (Wildman–Crippen LogP) is 3.93. The van der Waals surface area contributed by atoms with Gasteiger partial charge in [-0.25, -0.2) is 4.99 Å². The molecule has 7 nitrogen and oxygen atoms in total. The van der Waals surface area contributed by atoms with Crippen LogP contribution in [0.3, 0.4) is 0 Å². The van der Waals surface area contributed by atoms with Crippen LogP contribution in [0.4, 0.5) is 13.2 Å². The normalized spacial score (nSPS) is 12.8. The summed E-state index contributed by atoms with van der Waals surface area (Å²) >= 11 is 0. The van der Waals surface area contributed by atoms with Gasteiger partial charge >= 0.3 is 6.18 Å². The molecule has 29 heavy (non-hydrogen) atoms. The topological polar surface area (TPSA) is 84.6 Å². The Balaban J connectivity index is 0.00000420. The Kier molecular flexibility index (Phi) is 10.2. The molecular weight excluding hydrogens is 502 g/mol. The van der Waals surface area contributed by atoms with Crippen molar-refractivity contribution in [3.05, 3.63) is 41.5 Å². The van der Waals surface area contributed by atoms with E-state index >= 15 is 0 Å². The van der Waals surface area contributed by atoms with Crippen LogP contribution in [-0.2, 0) is 12.7 Å². The van der Waals surface area contributed by atoms with E-state index < -0.39 is 11.7 Å². The molecule has 0 fully saturated rings. The van der Waals surface area contributed by atoms with Crippen LogP contribution < -0.4 is 15.4 Å². The van der Waals surface area contributed by atoms with E-state index in [2.05, 4.69) is 25.8 Å². The molecule has 2 aromatic rings. The molecule has 0 saturated heterocycles. The fraction of sp³-hybridized carbons (Fsp3) is 0.500. The first-order valence-electron chi connectivity index (χ1n) is 8.97. The lowest BCUT2D eigenvalue weighted by molar-refractivity contribution is -0.137. The first kappa shape index (κ1) is 25.0. The summed E-state index contributed by atoms with van der Waals surface area (Å²) in [4.78, 5) is 8.44. The molecule has 0 aliphatic rings. The van der Waals surface area contributed by atoms with Crippen LogP contribution >= 0.6 is 24.0 Å². The maximum Gasteiger partial charge on any atom is 0.416 e. The van der Waals surface area contributed by atoms with Crippen LogP contribution in [0.1, 0.15) is 37.5 Å². The number of rotatable bonds is 8.